The minimum atomic E-state index is -0.395. The minimum absolute atomic E-state index is 0.267. The summed E-state index contributed by atoms with van der Waals surface area (Å²) in [7, 11) is 0. The molecule has 0 aliphatic rings. The van der Waals surface area contributed by atoms with Crippen molar-refractivity contribution >= 4 is 6.29 Å². The Morgan fingerprint density at radius 2 is 1.73 bits per heavy atom. The molecule has 0 unspecified atom stereocenters. The predicted molar refractivity (Wildman–Crippen MR) is 95.8 cm³/mol. The van der Waals surface area contributed by atoms with Crippen LogP contribution in [-0.4, -0.2) is 17.5 Å². The number of hydrogen-bond donors (Lipinski definition) is 1. The molecule has 1 atom stereocenters. The van der Waals surface area contributed by atoms with Gasteiger partial charge in [-0.15, -0.1) is 0 Å². The molecule has 0 aliphatic carbocycles. The topological polar surface area (TPSA) is 37.3 Å². The fourth-order valence-corrected chi connectivity index (χ4v) is 1.95. The number of aldehydes is 1. The molecule has 2 nitrogen and oxygen atoms in total. The van der Waals surface area contributed by atoms with Crippen molar-refractivity contribution in [3.63, 3.8) is 0 Å². The third kappa shape index (κ3) is 9.51. The summed E-state index contributed by atoms with van der Waals surface area (Å²) in [4.78, 5) is 10.9. The van der Waals surface area contributed by atoms with Gasteiger partial charge in [-0.05, 0) is 57.9 Å². The number of rotatable bonds is 10. The van der Waals surface area contributed by atoms with Gasteiger partial charge in [-0.1, -0.05) is 55.4 Å². The Morgan fingerprint density at radius 1 is 1.09 bits per heavy atom. The lowest BCUT2D eigenvalue weighted by atomic mass is 10.0. The predicted octanol–water partition coefficient (Wildman–Crippen LogP) is 5.16. The van der Waals surface area contributed by atoms with E-state index in [0.717, 1.165) is 43.1 Å². The second-order valence-corrected chi connectivity index (χ2v) is 6.44. The summed E-state index contributed by atoms with van der Waals surface area (Å²) >= 11 is 0. The molecule has 0 amide bonds. The van der Waals surface area contributed by atoms with Crippen LogP contribution in [0.5, 0.6) is 0 Å². The number of carbonyl (C=O) groups excluding carboxylic acids is 1. The average Bonchev–Trinajstić information content (AvgIpc) is 2.44. The van der Waals surface area contributed by atoms with Gasteiger partial charge in [-0.25, -0.2) is 0 Å². The van der Waals surface area contributed by atoms with Crippen LogP contribution in [-0.2, 0) is 4.79 Å². The molecule has 1 N–H and O–H groups in total. The number of hydrogen-bond acceptors (Lipinski definition) is 2. The van der Waals surface area contributed by atoms with Crippen LogP contribution in [0.25, 0.3) is 0 Å². The summed E-state index contributed by atoms with van der Waals surface area (Å²) < 4.78 is 0. The van der Waals surface area contributed by atoms with Crippen molar-refractivity contribution in [2.24, 2.45) is 5.92 Å². The normalized spacial score (nSPS) is 15.1. The lowest BCUT2D eigenvalue weighted by Gasteiger charge is -2.09. The number of aliphatic hydroxyl groups excluding tert-OH is 1. The zero-order valence-corrected chi connectivity index (χ0v) is 14.9. The summed E-state index contributed by atoms with van der Waals surface area (Å²) in [5.41, 5.74) is 4.24. The molecule has 0 saturated heterocycles. The summed E-state index contributed by atoms with van der Waals surface area (Å²) in [6.07, 6.45) is 10.4. The van der Waals surface area contributed by atoms with Crippen molar-refractivity contribution in [2.45, 2.75) is 66.4 Å². The summed E-state index contributed by atoms with van der Waals surface area (Å²) in [6, 6.07) is 0. The number of allylic oxidation sites excluding steroid dienone is 6. The van der Waals surface area contributed by atoms with Gasteiger partial charge in [0.05, 0.1) is 6.10 Å². The van der Waals surface area contributed by atoms with Gasteiger partial charge in [0.2, 0.25) is 0 Å². The van der Waals surface area contributed by atoms with E-state index in [1.54, 1.807) is 0 Å². The Morgan fingerprint density at radius 3 is 2.23 bits per heavy atom. The molecule has 0 radical (unpaired) electrons. The van der Waals surface area contributed by atoms with Crippen LogP contribution in [0.4, 0.5) is 0 Å². The molecular formula is C20H32O2. The van der Waals surface area contributed by atoms with E-state index in [-0.39, 0.29) is 5.92 Å². The van der Waals surface area contributed by atoms with Crippen LogP contribution in [0.1, 0.15) is 60.3 Å². The van der Waals surface area contributed by atoms with Crippen LogP contribution < -0.4 is 0 Å². The number of aliphatic hydroxyl groups is 1. The molecular weight excluding hydrogens is 272 g/mol. The van der Waals surface area contributed by atoms with E-state index < -0.39 is 6.10 Å². The van der Waals surface area contributed by atoms with Crippen molar-refractivity contribution in [2.75, 3.05) is 0 Å². The van der Waals surface area contributed by atoms with E-state index in [1.807, 2.05) is 32.9 Å². The first-order valence-electron chi connectivity index (χ1n) is 8.09. The van der Waals surface area contributed by atoms with Crippen molar-refractivity contribution < 1.29 is 9.90 Å². The van der Waals surface area contributed by atoms with Gasteiger partial charge in [0, 0.05) is 0 Å². The molecule has 22 heavy (non-hydrogen) atoms. The molecule has 0 heterocycles. The zero-order chi connectivity index (χ0) is 17.1. The lowest BCUT2D eigenvalue weighted by molar-refractivity contribution is -0.105. The molecule has 0 aromatic heterocycles. The highest BCUT2D eigenvalue weighted by Crippen LogP contribution is 2.14. The molecule has 0 aliphatic heterocycles. The van der Waals surface area contributed by atoms with Crippen LogP contribution in [0.2, 0.25) is 0 Å². The van der Waals surface area contributed by atoms with E-state index in [4.69, 9.17) is 0 Å². The van der Waals surface area contributed by atoms with Gasteiger partial charge >= 0.3 is 0 Å². The summed E-state index contributed by atoms with van der Waals surface area (Å²) in [6.45, 7) is 13.9. The van der Waals surface area contributed by atoms with Gasteiger partial charge in [0.1, 0.15) is 6.29 Å². The van der Waals surface area contributed by atoms with Crippen LogP contribution in [0.3, 0.4) is 0 Å². The molecule has 0 rings (SSSR count). The molecule has 0 saturated carbocycles. The smallest absolute Gasteiger partial charge is 0.146 e. The Balaban J connectivity index is 4.29. The maximum atomic E-state index is 10.9. The lowest BCUT2D eigenvalue weighted by Crippen LogP contribution is -2.06. The Bertz CT molecular complexity index is 450. The maximum Gasteiger partial charge on any atom is 0.146 e. The fourth-order valence-electron chi connectivity index (χ4n) is 1.95. The van der Waals surface area contributed by atoms with E-state index in [9.17, 15) is 9.90 Å². The molecule has 0 spiro atoms. The highest BCUT2D eigenvalue weighted by Gasteiger charge is 2.04. The second-order valence-electron chi connectivity index (χ2n) is 6.44. The first-order valence-corrected chi connectivity index (χ1v) is 8.09. The van der Waals surface area contributed by atoms with Gasteiger partial charge in [-0.3, -0.25) is 4.79 Å². The molecule has 0 aromatic rings. The standard InChI is InChI=1S/C20H32O2/c1-15(2)19(14-21)12-10-17(5)8-7-9-18(6)11-13-20(22)16(3)4/h9-10,12,14-15,20,22H,3,7-8,11,13H2,1-2,4-6H3/b17-10+,18-9+,19-12+/t20-/m0/s1. The van der Waals surface area contributed by atoms with E-state index in [0.29, 0.717) is 0 Å². The van der Waals surface area contributed by atoms with Crippen LogP contribution >= 0.6 is 0 Å². The second kappa shape index (κ2) is 11.2. The highest BCUT2D eigenvalue weighted by molar-refractivity contribution is 5.74. The van der Waals surface area contributed by atoms with E-state index >= 15 is 0 Å². The first kappa shape index (κ1) is 20.6. The Labute approximate surface area is 136 Å². The summed E-state index contributed by atoms with van der Waals surface area (Å²) in [5.74, 6) is 0.267. The monoisotopic (exact) mass is 304 g/mol. The van der Waals surface area contributed by atoms with Gasteiger partial charge in [-0.2, -0.15) is 0 Å². The van der Waals surface area contributed by atoms with Crippen molar-refractivity contribution in [1.82, 2.24) is 0 Å². The quantitative estimate of drug-likeness (QED) is 0.262. The molecule has 124 valence electrons. The third-order valence-corrected chi connectivity index (χ3v) is 3.78. The van der Waals surface area contributed by atoms with Crippen molar-refractivity contribution in [1.29, 1.82) is 0 Å². The van der Waals surface area contributed by atoms with Crippen LogP contribution in [0, 0.1) is 5.92 Å². The SMILES string of the molecule is C=C(C)[C@@H](O)CC/C(C)=C/CC/C(C)=C/C=C(\C=O)C(C)C. The van der Waals surface area contributed by atoms with Gasteiger partial charge in [0.15, 0.2) is 0 Å². The highest BCUT2D eigenvalue weighted by atomic mass is 16.3. The first-order chi connectivity index (χ1) is 10.3. The molecule has 0 aromatic carbocycles. The maximum absolute atomic E-state index is 10.9. The van der Waals surface area contributed by atoms with E-state index in [2.05, 4.69) is 26.5 Å². The molecule has 0 bridgehead atoms. The summed E-state index contributed by atoms with van der Waals surface area (Å²) in [5, 5.41) is 9.71. The largest absolute Gasteiger partial charge is 0.389 e. The van der Waals surface area contributed by atoms with Crippen LogP contribution in [0.15, 0.2) is 47.1 Å². The fraction of sp³-hybridized carbons (Fsp3) is 0.550. The average molecular weight is 304 g/mol. The van der Waals surface area contributed by atoms with E-state index in [1.165, 1.54) is 11.1 Å². The molecule has 2 heteroatoms. The van der Waals surface area contributed by atoms with Gasteiger partial charge in [0.25, 0.3) is 0 Å². The zero-order valence-electron chi connectivity index (χ0n) is 14.9. The van der Waals surface area contributed by atoms with Crippen molar-refractivity contribution in [3.05, 3.63) is 47.1 Å². The number of carbonyl (C=O) groups is 1. The third-order valence-electron chi connectivity index (χ3n) is 3.78. The Kier molecular flexibility index (Phi) is 10.5. The Hall–Kier alpha value is -1.41. The van der Waals surface area contributed by atoms with Crippen molar-refractivity contribution in [3.8, 4) is 0 Å². The van der Waals surface area contributed by atoms with Gasteiger partial charge < -0.3 is 5.11 Å². The minimum Gasteiger partial charge on any atom is -0.389 e. The molecule has 0 fully saturated rings.